The predicted octanol–water partition coefficient (Wildman–Crippen LogP) is 3.27. The first-order valence-electron chi connectivity index (χ1n) is 9.41. The molecule has 28 heavy (non-hydrogen) atoms. The second kappa shape index (κ2) is 6.78. The van der Waals surface area contributed by atoms with Gasteiger partial charge in [-0.1, -0.05) is 24.3 Å². The summed E-state index contributed by atoms with van der Waals surface area (Å²) in [5.74, 6) is 0.0738. The molecule has 2 aliphatic rings. The number of anilines is 1. The number of ether oxygens (including phenoxy) is 1. The van der Waals surface area contributed by atoms with Crippen molar-refractivity contribution in [2.45, 2.75) is 32.3 Å². The van der Waals surface area contributed by atoms with Crippen molar-refractivity contribution in [3.63, 3.8) is 0 Å². The van der Waals surface area contributed by atoms with Gasteiger partial charge in [-0.25, -0.2) is 0 Å². The van der Waals surface area contributed by atoms with Gasteiger partial charge in [0.15, 0.2) is 0 Å². The van der Waals surface area contributed by atoms with Crippen LogP contribution in [0.15, 0.2) is 48.5 Å². The first kappa shape index (κ1) is 18.2. The summed E-state index contributed by atoms with van der Waals surface area (Å²) in [6.07, 6.45) is 0.669. The summed E-state index contributed by atoms with van der Waals surface area (Å²) in [5, 5.41) is 0. The Morgan fingerprint density at radius 2 is 1.61 bits per heavy atom. The van der Waals surface area contributed by atoms with E-state index < -0.39 is 5.60 Å². The molecule has 144 valence electrons. The maximum atomic E-state index is 12.9. The fourth-order valence-electron chi connectivity index (χ4n) is 3.75. The second-order valence-corrected chi connectivity index (χ2v) is 7.72. The van der Waals surface area contributed by atoms with Crippen LogP contribution in [0.3, 0.4) is 0 Å². The molecule has 0 atom stereocenters. The molecular formula is C22H22N2O4. The number of benzene rings is 2. The minimum atomic E-state index is -0.480. The van der Waals surface area contributed by atoms with Crippen LogP contribution in [0.25, 0.3) is 0 Å². The van der Waals surface area contributed by atoms with Crippen LogP contribution in [-0.4, -0.2) is 41.3 Å². The zero-order valence-electron chi connectivity index (χ0n) is 16.0. The number of hydrogen-bond acceptors (Lipinski definition) is 4. The number of fused-ring (bicyclic) bond motifs is 2. The Bertz CT molecular complexity index is 932. The van der Waals surface area contributed by atoms with Crippen molar-refractivity contribution in [3.8, 4) is 5.75 Å². The van der Waals surface area contributed by atoms with Crippen molar-refractivity contribution in [1.82, 2.24) is 4.90 Å². The number of para-hydroxylation sites is 2. The standard InChI is InChI=1S/C22H22N2O4/c1-22(2)14-24(17-10-5-6-11-18(17)28-22)19(25)12-7-13-23-20(26)15-8-3-4-9-16(15)21(23)27/h3-6,8-11H,7,12-14H2,1-2H3. The molecule has 0 unspecified atom stereocenters. The van der Waals surface area contributed by atoms with Gasteiger partial charge >= 0.3 is 0 Å². The minimum absolute atomic E-state index is 0.0413. The molecular weight excluding hydrogens is 356 g/mol. The van der Waals surface area contributed by atoms with Gasteiger partial charge < -0.3 is 9.64 Å². The molecule has 2 aliphatic heterocycles. The van der Waals surface area contributed by atoms with E-state index in [-0.39, 0.29) is 30.7 Å². The van der Waals surface area contributed by atoms with E-state index in [4.69, 9.17) is 4.74 Å². The maximum Gasteiger partial charge on any atom is 0.261 e. The summed E-state index contributed by atoms with van der Waals surface area (Å²) in [4.78, 5) is 40.7. The van der Waals surface area contributed by atoms with Gasteiger partial charge in [0.05, 0.1) is 23.4 Å². The largest absolute Gasteiger partial charge is 0.484 e. The molecule has 2 aromatic rings. The molecule has 0 aromatic heterocycles. The Hall–Kier alpha value is -3.15. The van der Waals surface area contributed by atoms with Crippen molar-refractivity contribution >= 4 is 23.4 Å². The fraction of sp³-hybridized carbons (Fsp3) is 0.318. The van der Waals surface area contributed by atoms with E-state index in [1.807, 2.05) is 38.1 Å². The molecule has 6 heteroatoms. The number of nitrogens with zero attached hydrogens (tertiary/aromatic N) is 2. The summed E-state index contributed by atoms with van der Waals surface area (Å²) in [5.41, 5.74) is 1.14. The van der Waals surface area contributed by atoms with Crippen molar-refractivity contribution in [2.24, 2.45) is 0 Å². The first-order valence-corrected chi connectivity index (χ1v) is 9.41. The van der Waals surface area contributed by atoms with Crippen LogP contribution in [0, 0.1) is 0 Å². The van der Waals surface area contributed by atoms with Crippen LogP contribution >= 0.6 is 0 Å². The number of carbonyl (C=O) groups is 3. The lowest BCUT2D eigenvalue weighted by Crippen LogP contribution is -2.49. The lowest BCUT2D eigenvalue weighted by molar-refractivity contribution is -0.119. The highest BCUT2D eigenvalue weighted by molar-refractivity contribution is 6.21. The third kappa shape index (κ3) is 3.15. The molecule has 2 heterocycles. The summed E-state index contributed by atoms with van der Waals surface area (Å²) < 4.78 is 5.96. The Morgan fingerprint density at radius 3 is 2.29 bits per heavy atom. The van der Waals surface area contributed by atoms with Gasteiger partial charge in [0.25, 0.3) is 11.8 Å². The summed E-state index contributed by atoms with van der Waals surface area (Å²) in [7, 11) is 0. The third-order valence-electron chi connectivity index (χ3n) is 5.03. The van der Waals surface area contributed by atoms with Crippen LogP contribution in [0.2, 0.25) is 0 Å². The maximum absolute atomic E-state index is 12.9. The number of hydrogen-bond donors (Lipinski definition) is 0. The lowest BCUT2D eigenvalue weighted by Gasteiger charge is -2.39. The first-order chi connectivity index (χ1) is 13.4. The molecule has 0 bridgehead atoms. The van der Waals surface area contributed by atoms with Crippen molar-refractivity contribution < 1.29 is 19.1 Å². The molecule has 0 aliphatic carbocycles. The summed E-state index contributed by atoms with van der Waals surface area (Å²) in [6, 6.07) is 14.3. The van der Waals surface area contributed by atoms with Crippen LogP contribution in [-0.2, 0) is 4.79 Å². The van der Waals surface area contributed by atoms with E-state index in [0.717, 1.165) is 5.69 Å². The molecule has 0 N–H and O–H groups in total. The van der Waals surface area contributed by atoms with Gasteiger partial charge in [0, 0.05) is 13.0 Å². The highest BCUT2D eigenvalue weighted by Crippen LogP contribution is 2.37. The molecule has 0 spiro atoms. The number of amides is 3. The van der Waals surface area contributed by atoms with Crippen LogP contribution in [0.4, 0.5) is 5.69 Å². The third-order valence-corrected chi connectivity index (χ3v) is 5.03. The van der Waals surface area contributed by atoms with E-state index in [0.29, 0.717) is 29.8 Å². The van der Waals surface area contributed by atoms with E-state index in [9.17, 15) is 14.4 Å². The number of imide groups is 1. The highest BCUT2D eigenvalue weighted by Gasteiger charge is 2.36. The minimum Gasteiger partial charge on any atom is -0.484 e. The van der Waals surface area contributed by atoms with E-state index >= 15 is 0 Å². The molecule has 6 nitrogen and oxygen atoms in total. The fourth-order valence-corrected chi connectivity index (χ4v) is 3.75. The average Bonchev–Trinajstić information content (AvgIpc) is 2.91. The Balaban J connectivity index is 1.42. The van der Waals surface area contributed by atoms with Gasteiger partial charge in [-0.2, -0.15) is 0 Å². The van der Waals surface area contributed by atoms with Crippen molar-refractivity contribution in [1.29, 1.82) is 0 Å². The quantitative estimate of drug-likeness (QED) is 0.766. The molecule has 3 amide bonds. The van der Waals surface area contributed by atoms with Gasteiger partial charge in [0.2, 0.25) is 5.91 Å². The van der Waals surface area contributed by atoms with Crippen LogP contribution in [0.1, 0.15) is 47.4 Å². The SMILES string of the molecule is CC1(C)CN(C(=O)CCCN2C(=O)c3ccccc3C2=O)c2ccccc2O1. The van der Waals surface area contributed by atoms with Gasteiger partial charge in [-0.15, -0.1) is 0 Å². The van der Waals surface area contributed by atoms with E-state index in [1.54, 1.807) is 29.2 Å². The topological polar surface area (TPSA) is 66.9 Å². The Labute approximate surface area is 163 Å². The summed E-state index contributed by atoms with van der Waals surface area (Å²) >= 11 is 0. The molecule has 0 saturated heterocycles. The lowest BCUT2D eigenvalue weighted by atomic mass is 10.0. The highest BCUT2D eigenvalue weighted by atomic mass is 16.5. The van der Waals surface area contributed by atoms with E-state index in [2.05, 4.69) is 0 Å². The molecule has 2 aromatic carbocycles. The van der Waals surface area contributed by atoms with Gasteiger partial charge in [-0.3, -0.25) is 19.3 Å². The normalized spacial score (nSPS) is 17.2. The number of rotatable bonds is 4. The smallest absolute Gasteiger partial charge is 0.261 e. The van der Waals surface area contributed by atoms with Gasteiger partial charge in [0.1, 0.15) is 11.4 Å². The van der Waals surface area contributed by atoms with Crippen LogP contribution < -0.4 is 9.64 Å². The predicted molar refractivity (Wildman–Crippen MR) is 105 cm³/mol. The zero-order valence-corrected chi connectivity index (χ0v) is 16.0. The molecule has 0 radical (unpaired) electrons. The molecule has 0 saturated carbocycles. The Kier molecular flexibility index (Phi) is 4.41. The van der Waals surface area contributed by atoms with Crippen LogP contribution in [0.5, 0.6) is 5.75 Å². The van der Waals surface area contributed by atoms with E-state index in [1.165, 1.54) is 4.90 Å². The second-order valence-electron chi connectivity index (χ2n) is 7.72. The van der Waals surface area contributed by atoms with Gasteiger partial charge in [-0.05, 0) is 44.5 Å². The zero-order chi connectivity index (χ0) is 19.9. The monoisotopic (exact) mass is 378 g/mol. The van der Waals surface area contributed by atoms with Crippen molar-refractivity contribution in [2.75, 3.05) is 18.0 Å². The Morgan fingerprint density at radius 1 is 1.00 bits per heavy atom. The molecule has 0 fully saturated rings. The number of carbonyl (C=O) groups excluding carboxylic acids is 3. The summed E-state index contributed by atoms with van der Waals surface area (Å²) in [6.45, 7) is 4.58. The average molecular weight is 378 g/mol. The molecule has 4 rings (SSSR count). The van der Waals surface area contributed by atoms with Crippen molar-refractivity contribution in [3.05, 3.63) is 59.7 Å².